The highest BCUT2D eigenvalue weighted by molar-refractivity contribution is 6.00. The van der Waals surface area contributed by atoms with Gasteiger partial charge in [-0.05, 0) is 56.0 Å². The average molecular weight is 324 g/mol. The van der Waals surface area contributed by atoms with Gasteiger partial charge in [-0.25, -0.2) is 0 Å². The first-order valence-corrected chi connectivity index (χ1v) is 8.66. The summed E-state index contributed by atoms with van der Waals surface area (Å²) in [6.07, 6.45) is 2.66. The van der Waals surface area contributed by atoms with Crippen molar-refractivity contribution in [2.24, 2.45) is 0 Å². The maximum absolute atomic E-state index is 12.7. The Morgan fingerprint density at radius 1 is 1.12 bits per heavy atom. The Kier molecular flexibility index (Phi) is 4.84. The molecule has 2 aromatic rings. The van der Waals surface area contributed by atoms with Crippen molar-refractivity contribution in [1.29, 1.82) is 0 Å². The maximum Gasteiger partial charge on any atom is 0.251 e. The van der Waals surface area contributed by atoms with E-state index in [1.165, 1.54) is 0 Å². The summed E-state index contributed by atoms with van der Waals surface area (Å²) < 4.78 is 0. The highest BCUT2D eigenvalue weighted by Crippen LogP contribution is 2.18. The number of carbonyl (C=O) groups excluding carboxylic acids is 2. The van der Waals surface area contributed by atoms with E-state index in [0.29, 0.717) is 12.0 Å². The van der Waals surface area contributed by atoms with E-state index in [4.69, 9.17) is 0 Å². The molecule has 2 amide bonds. The van der Waals surface area contributed by atoms with Crippen LogP contribution >= 0.6 is 0 Å². The Morgan fingerprint density at radius 2 is 1.88 bits per heavy atom. The van der Waals surface area contributed by atoms with Crippen LogP contribution in [0.15, 0.2) is 42.5 Å². The molecule has 0 aliphatic carbocycles. The fourth-order valence-electron chi connectivity index (χ4n) is 3.28. The Hall–Kier alpha value is -2.36. The topological polar surface area (TPSA) is 49.4 Å². The molecule has 0 spiro atoms. The van der Waals surface area contributed by atoms with Crippen molar-refractivity contribution in [2.75, 3.05) is 6.54 Å². The van der Waals surface area contributed by atoms with Crippen LogP contribution in [0.3, 0.4) is 0 Å². The van der Waals surface area contributed by atoms with Crippen molar-refractivity contribution in [3.8, 4) is 0 Å². The van der Waals surface area contributed by atoms with E-state index in [-0.39, 0.29) is 17.9 Å². The number of hydrogen-bond donors (Lipinski definition) is 1. The first kappa shape index (κ1) is 16.5. The zero-order valence-corrected chi connectivity index (χ0v) is 14.3. The second kappa shape index (κ2) is 7.04. The van der Waals surface area contributed by atoms with E-state index in [1.54, 1.807) is 0 Å². The normalized spacial score (nSPS) is 18.7. The molecule has 1 fully saturated rings. The highest BCUT2D eigenvalue weighted by atomic mass is 16.2. The maximum atomic E-state index is 12.7. The number of carbonyl (C=O) groups is 2. The molecule has 4 heteroatoms. The zero-order valence-electron chi connectivity index (χ0n) is 14.3. The summed E-state index contributed by atoms with van der Waals surface area (Å²) in [7, 11) is 0. The van der Waals surface area contributed by atoms with Gasteiger partial charge in [-0.15, -0.1) is 0 Å². The lowest BCUT2D eigenvalue weighted by atomic mass is 10.1. The van der Waals surface area contributed by atoms with Gasteiger partial charge < -0.3 is 10.2 Å². The molecular weight excluding hydrogens is 300 g/mol. The largest absolute Gasteiger partial charge is 0.340 e. The Morgan fingerprint density at radius 3 is 2.62 bits per heavy atom. The monoisotopic (exact) mass is 324 g/mol. The lowest BCUT2D eigenvalue weighted by molar-refractivity contribution is -0.134. The van der Waals surface area contributed by atoms with Crippen LogP contribution in [0.2, 0.25) is 0 Å². The van der Waals surface area contributed by atoms with E-state index in [0.717, 1.165) is 30.2 Å². The molecule has 1 heterocycles. The van der Waals surface area contributed by atoms with Crippen LogP contribution in [0, 0.1) is 0 Å². The fraction of sp³-hybridized carbons (Fsp3) is 0.400. The second-order valence-electron chi connectivity index (χ2n) is 6.71. The molecule has 1 unspecified atom stereocenters. The molecule has 3 rings (SSSR count). The van der Waals surface area contributed by atoms with Crippen molar-refractivity contribution in [3.63, 3.8) is 0 Å². The molecule has 126 valence electrons. The van der Waals surface area contributed by atoms with Crippen LogP contribution in [-0.4, -0.2) is 35.3 Å². The number of nitrogens with zero attached hydrogens (tertiary/aromatic N) is 1. The number of nitrogens with one attached hydrogen (secondary N) is 1. The Balaban J connectivity index is 1.78. The average Bonchev–Trinajstić information content (AvgIpc) is 2.76. The summed E-state index contributed by atoms with van der Waals surface area (Å²) in [6, 6.07) is 13.3. The number of amides is 2. The third kappa shape index (κ3) is 3.42. The van der Waals surface area contributed by atoms with Gasteiger partial charge in [0.25, 0.3) is 5.91 Å². The van der Waals surface area contributed by atoms with E-state index >= 15 is 0 Å². The van der Waals surface area contributed by atoms with Crippen molar-refractivity contribution in [3.05, 3.63) is 48.0 Å². The fourth-order valence-corrected chi connectivity index (χ4v) is 3.28. The summed E-state index contributed by atoms with van der Waals surface area (Å²) in [4.78, 5) is 27.2. The van der Waals surface area contributed by atoms with Crippen LogP contribution in [0.5, 0.6) is 0 Å². The Bertz CT molecular complexity index is 754. The van der Waals surface area contributed by atoms with E-state index in [2.05, 4.69) is 5.32 Å². The van der Waals surface area contributed by atoms with Gasteiger partial charge in [0.05, 0.1) is 0 Å². The van der Waals surface area contributed by atoms with Crippen molar-refractivity contribution in [2.45, 2.75) is 45.2 Å². The quantitative estimate of drug-likeness (QED) is 0.941. The highest BCUT2D eigenvalue weighted by Gasteiger charge is 2.29. The third-order valence-electron chi connectivity index (χ3n) is 4.66. The zero-order chi connectivity index (χ0) is 17.1. The standard InChI is InChI=1S/C20H24N2O2/c1-14(2)22-12-6-5-9-18(20(22)24)21-19(23)17-11-10-15-7-3-4-8-16(15)13-17/h3-4,7-8,10-11,13-14,18H,5-6,9,12H2,1-2H3,(H,21,23). The third-order valence-corrected chi connectivity index (χ3v) is 4.66. The molecule has 1 aliphatic rings. The minimum absolute atomic E-state index is 0.0386. The lowest BCUT2D eigenvalue weighted by Gasteiger charge is -2.28. The van der Waals surface area contributed by atoms with E-state index < -0.39 is 6.04 Å². The molecular formula is C20H24N2O2. The van der Waals surface area contributed by atoms with Gasteiger partial charge in [-0.2, -0.15) is 0 Å². The van der Waals surface area contributed by atoms with Gasteiger partial charge in [-0.1, -0.05) is 30.3 Å². The first-order valence-electron chi connectivity index (χ1n) is 8.66. The van der Waals surface area contributed by atoms with Crippen LogP contribution in [0.4, 0.5) is 0 Å². The predicted octanol–water partition coefficient (Wildman–Crippen LogP) is 3.36. The van der Waals surface area contributed by atoms with Crippen LogP contribution in [-0.2, 0) is 4.79 Å². The number of fused-ring (bicyclic) bond motifs is 1. The van der Waals surface area contributed by atoms with Gasteiger partial charge in [0.15, 0.2) is 0 Å². The van der Waals surface area contributed by atoms with Crippen LogP contribution in [0.25, 0.3) is 10.8 Å². The summed E-state index contributed by atoms with van der Waals surface area (Å²) in [5, 5.41) is 5.08. The summed E-state index contributed by atoms with van der Waals surface area (Å²) in [5.41, 5.74) is 0.599. The summed E-state index contributed by atoms with van der Waals surface area (Å²) in [5.74, 6) is -0.138. The molecule has 0 saturated carbocycles. The lowest BCUT2D eigenvalue weighted by Crippen LogP contribution is -2.49. The molecule has 4 nitrogen and oxygen atoms in total. The predicted molar refractivity (Wildman–Crippen MR) is 95.9 cm³/mol. The van der Waals surface area contributed by atoms with Crippen molar-refractivity contribution < 1.29 is 9.59 Å². The molecule has 1 atom stereocenters. The van der Waals surface area contributed by atoms with E-state index in [1.807, 2.05) is 61.2 Å². The van der Waals surface area contributed by atoms with Crippen LogP contribution < -0.4 is 5.32 Å². The SMILES string of the molecule is CC(C)N1CCCCC(NC(=O)c2ccc3ccccc3c2)C1=O. The molecule has 1 N–H and O–H groups in total. The van der Waals surface area contributed by atoms with Gasteiger partial charge in [0.2, 0.25) is 5.91 Å². The summed E-state index contributed by atoms with van der Waals surface area (Å²) >= 11 is 0. The smallest absolute Gasteiger partial charge is 0.251 e. The summed E-state index contributed by atoms with van der Waals surface area (Å²) in [6.45, 7) is 4.82. The Labute approximate surface area is 142 Å². The molecule has 0 bridgehead atoms. The van der Waals surface area contributed by atoms with E-state index in [9.17, 15) is 9.59 Å². The molecule has 1 aliphatic heterocycles. The van der Waals surface area contributed by atoms with Crippen LogP contribution in [0.1, 0.15) is 43.5 Å². The number of hydrogen-bond acceptors (Lipinski definition) is 2. The van der Waals surface area contributed by atoms with Crippen molar-refractivity contribution >= 4 is 22.6 Å². The van der Waals surface area contributed by atoms with Gasteiger partial charge in [0.1, 0.15) is 6.04 Å². The molecule has 2 aromatic carbocycles. The first-order chi connectivity index (χ1) is 11.6. The minimum atomic E-state index is -0.422. The van der Waals surface area contributed by atoms with Crippen molar-refractivity contribution in [1.82, 2.24) is 10.2 Å². The van der Waals surface area contributed by atoms with Gasteiger partial charge in [-0.3, -0.25) is 9.59 Å². The van der Waals surface area contributed by atoms with Gasteiger partial charge in [0, 0.05) is 18.2 Å². The molecule has 0 radical (unpaired) electrons. The number of benzene rings is 2. The second-order valence-corrected chi connectivity index (χ2v) is 6.71. The molecule has 1 saturated heterocycles. The minimum Gasteiger partial charge on any atom is -0.340 e. The number of rotatable bonds is 3. The van der Waals surface area contributed by atoms with Gasteiger partial charge >= 0.3 is 0 Å². The molecule has 0 aromatic heterocycles. The number of likely N-dealkylation sites (tertiary alicyclic amines) is 1. The molecule has 24 heavy (non-hydrogen) atoms.